The van der Waals surface area contributed by atoms with E-state index in [0.717, 1.165) is 10.6 Å². The molecule has 3 atom stereocenters. The Labute approximate surface area is 204 Å². The molecule has 0 saturated carbocycles. The zero-order chi connectivity index (χ0) is 25.5. The van der Waals surface area contributed by atoms with Crippen LogP contribution in [0.15, 0.2) is 35.7 Å². The maximum absolute atomic E-state index is 12.8. The molecule has 0 fully saturated rings. The van der Waals surface area contributed by atoms with Gasteiger partial charge in [-0.1, -0.05) is 44.2 Å². The maximum atomic E-state index is 12.8. The van der Waals surface area contributed by atoms with Gasteiger partial charge in [-0.15, -0.1) is 11.3 Å². The molecule has 1 aromatic heterocycles. The number of aromatic nitrogens is 1. The number of nitrogens with zero attached hydrogens (tertiary/aromatic N) is 1. The average molecular weight is 491 g/mol. The Morgan fingerprint density at radius 1 is 1.06 bits per heavy atom. The Morgan fingerprint density at radius 2 is 1.71 bits per heavy atom. The van der Waals surface area contributed by atoms with Crippen LogP contribution in [0.2, 0.25) is 0 Å². The van der Waals surface area contributed by atoms with E-state index in [1.165, 1.54) is 18.3 Å². The number of carboxylic acid groups (broad SMARTS) is 1. The number of carboxylic acids is 1. The number of nitrogens with one attached hydrogen (secondary N) is 1. The number of hydrogen-bond donors (Lipinski definition) is 2. The Bertz CT molecular complexity index is 967. The summed E-state index contributed by atoms with van der Waals surface area (Å²) < 4.78 is 10.5. The summed E-state index contributed by atoms with van der Waals surface area (Å²) >= 11 is 1.44. The first-order valence-electron chi connectivity index (χ1n) is 11.3. The summed E-state index contributed by atoms with van der Waals surface area (Å²) in [6, 6.07) is 7.70. The third kappa shape index (κ3) is 8.53. The monoisotopic (exact) mass is 490 g/mol. The quantitative estimate of drug-likeness (QED) is 0.354. The van der Waals surface area contributed by atoms with Crippen molar-refractivity contribution in [3.8, 4) is 10.6 Å². The predicted octanol–water partition coefficient (Wildman–Crippen LogP) is 4.29. The lowest BCUT2D eigenvalue weighted by Crippen LogP contribution is -2.50. The van der Waals surface area contributed by atoms with Crippen molar-refractivity contribution in [2.45, 2.75) is 72.8 Å². The van der Waals surface area contributed by atoms with Crippen LogP contribution in [0.5, 0.6) is 0 Å². The van der Waals surface area contributed by atoms with E-state index in [4.69, 9.17) is 9.47 Å². The van der Waals surface area contributed by atoms with Crippen molar-refractivity contribution in [3.63, 3.8) is 0 Å². The Morgan fingerprint density at radius 3 is 2.26 bits per heavy atom. The van der Waals surface area contributed by atoms with Gasteiger partial charge in [-0.05, 0) is 33.1 Å². The highest BCUT2D eigenvalue weighted by atomic mass is 32.1. The number of aliphatic carboxylic acids is 1. The lowest BCUT2D eigenvalue weighted by molar-refractivity contribution is -0.192. The third-order valence-corrected chi connectivity index (χ3v) is 5.79. The molecule has 2 N–H and O–H groups in total. The number of ether oxygens (including phenoxy) is 2. The van der Waals surface area contributed by atoms with Crippen LogP contribution in [-0.4, -0.2) is 46.4 Å². The van der Waals surface area contributed by atoms with Gasteiger partial charge in [-0.2, -0.15) is 0 Å². The molecule has 0 bridgehead atoms. The van der Waals surface area contributed by atoms with Crippen LogP contribution >= 0.6 is 11.3 Å². The summed E-state index contributed by atoms with van der Waals surface area (Å²) in [7, 11) is 0. The Balaban J connectivity index is 2.09. The lowest BCUT2D eigenvalue weighted by atomic mass is 9.97. The zero-order valence-corrected chi connectivity index (χ0v) is 21.3. The van der Waals surface area contributed by atoms with Gasteiger partial charge in [0.05, 0.1) is 11.1 Å². The molecule has 1 heterocycles. The van der Waals surface area contributed by atoms with Gasteiger partial charge in [-0.3, -0.25) is 19.7 Å². The summed E-state index contributed by atoms with van der Waals surface area (Å²) in [5, 5.41) is 15.3. The van der Waals surface area contributed by atoms with Crippen LogP contribution < -0.4 is 5.32 Å². The maximum Gasteiger partial charge on any atom is 0.326 e. The SMILES string of the molecule is CC(C)CC(NC(Cc1csc(-c2ccccc2)n1)C(=O)O)C(=O)OC(C)OC(=O)C(C)(C)C. The molecule has 9 heteroatoms. The smallest absolute Gasteiger partial charge is 0.326 e. The molecule has 2 aromatic rings. The summed E-state index contributed by atoms with van der Waals surface area (Å²) in [6.45, 7) is 10.4. The normalized spacial score (nSPS) is 14.3. The van der Waals surface area contributed by atoms with Crippen molar-refractivity contribution in [3.05, 3.63) is 41.4 Å². The Hall–Kier alpha value is -2.78. The van der Waals surface area contributed by atoms with Crippen molar-refractivity contribution >= 4 is 29.2 Å². The summed E-state index contributed by atoms with van der Waals surface area (Å²) in [5.74, 6) is -2.17. The van der Waals surface area contributed by atoms with Crippen molar-refractivity contribution in [1.82, 2.24) is 10.3 Å². The number of carbonyl (C=O) groups excluding carboxylic acids is 2. The average Bonchev–Trinajstić information content (AvgIpc) is 3.20. The highest BCUT2D eigenvalue weighted by Gasteiger charge is 2.31. The van der Waals surface area contributed by atoms with Gasteiger partial charge in [0.25, 0.3) is 0 Å². The summed E-state index contributed by atoms with van der Waals surface area (Å²) in [6.07, 6.45) is -0.629. The fourth-order valence-electron chi connectivity index (χ4n) is 3.08. The van der Waals surface area contributed by atoms with Gasteiger partial charge in [0.15, 0.2) is 0 Å². The van der Waals surface area contributed by atoms with Gasteiger partial charge in [0.1, 0.15) is 17.1 Å². The molecule has 186 valence electrons. The molecule has 0 radical (unpaired) electrons. The Kier molecular flexibility index (Phi) is 9.76. The third-order valence-electron chi connectivity index (χ3n) is 4.85. The zero-order valence-electron chi connectivity index (χ0n) is 20.5. The first-order valence-corrected chi connectivity index (χ1v) is 12.1. The van der Waals surface area contributed by atoms with Crippen LogP contribution in [0.1, 0.15) is 53.7 Å². The van der Waals surface area contributed by atoms with E-state index in [2.05, 4.69) is 10.3 Å². The predicted molar refractivity (Wildman–Crippen MR) is 130 cm³/mol. The van der Waals surface area contributed by atoms with E-state index in [1.54, 1.807) is 20.8 Å². The number of benzene rings is 1. The molecule has 8 nitrogen and oxygen atoms in total. The van der Waals surface area contributed by atoms with E-state index in [-0.39, 0.29) is 12.3 Å². The van der Waals surface area contributed by atoms with E-state index in [0.29, 0.717) is 12.1 Å². The highest BCUT2D eigenvalue weighted by molar-refractivity contribution is 7.13. The molecule has 1 aromatic carbocycles. The number of rotatable bonds is 11. The molecule has 3 unspecified atom stereocenters. The van der Waals surface area contributed by atoms with Crippen molar-refractivity contribution in [2.24, 2.45) is 11.3 Å². The van der Waals surface area contributed by atoms with Crippen LogP contribution in [0.25, 0.3) is 10.6 Å². The van der Waals surface area contributed by atoms with Crippen molar-refractivity contribution < 1.29 is 29.0 Å². The van der Waals surface area contributed by atoms with E-state index in [1.807, 2.05) is 49.6 Å². The molecule has 2 rings (SSSR count). The molecule has 0 saturated heterocycles. The second kappa shape index (κ2) is 12.1. The standard InChI is InChI=1S/C25H34N2O6S/c1-15(2)12-20(23(30)32-16(3)33-24(31)25(4,5)6)27-19(22(28)29)13-18-14-34-21(26-18)17-10-8-7-9-11-17/h7-11,14-16,19-20,27H,12-13H2,1-6H3,(H,28,29). The minimum atomic E-state index is -1.09. The van der Waals surface area contributed by atoms with Gasteiger partial charge in [-0.25, -0.2) is 4.98 Å². The van der Waals surface area contributed by atoms with Crippen molar-refractivity contribution in [2.75, 3.05) is 0 Å². The van der Waals surface area contributed by atoms with Gasteiger partial charge >= 0.3 is 17.9 Å². The number of hydrogen-bond acceptors (Lipinski definition) is 8. The molecular weight excluding hydrogens is 456 g/mol. The van der Waals surface area contributed by atoms with E-state index < -0.39 is 41.7 Å². The van der Waals surface area contributed by atoms with Crippen LogP contribution in [-0.2, 0) is 30.3 Å². The van der Waals surface area contributed by atoms with Crippen LogP contribution in [0.3, 0.4) is 0 Å². The molecular formula is C25H34N2O6S. The molecule has 0 aliphatic carbocycles. The van der Waals surface area contributed by atoms with Gasteiger partial charge < -0.3 is 14.6 Å². The first kappa shape index (κ1) is 27.5. The first-order chi connectivity index (χ1) is 15.9. The fourth-order valence-corrected chi connectivity index (χ4v) is 3.92. The molecule has 34 heavy (non-hydrogen) atoms. The van der Waals surface area contributed by atoms with Gasteiger partial charge in [0, 0.05) is 24.3 Å². The topological polar surface area (TPSA) is 115 Å². The largest absolute Gasteiger partial charge is 0.480 e. The van der Waals surface area contributed by atoms with Crippen LogP contribution in [0, 0.1) is 11.3 Å². The second-order valence-corrected chi connectivity index (χ2v) is 10.5. The van der Waals surface area contributed by atoms with E-state index >= 15 is 0 Å². The summed E-state index contributed by atoms with van der Waals surface area (Å²) in [4.78, 5) is 41.5. The number of carbonyl (C=O) groups is 3. The lowest BCUT2D eigenvalue weighted by Gasteiger charge is -2.26. The minimum Gasteiger partial charge on any atom is -0.480 e. The van der Waals surface area contributed by atoms with Crippen LogP contribution in [0.4, 0.5) is 0 Å². The fraction of sp³-hybridized carbons (Fsp3) is 0.520. The minimum absolute atomic E-state index is 0.0934. The molecule has 0 spiro atoms. The number of thiazole rings is 1. The van der Waals surface area contributed by atoms with E-state index in [9.17, 15) is 19.5 Å². The highest BCUT2D eigenvalue weighted by Crippen LogP contribution is 2.24. The summed E-state index contributed by atoms with van der Waals surface area (Å²) in [5.41, 5.74) is 0.836. The van der Waals surface area contributed by atoms with Gasteiger partial charge in [0.2, 0.25) is 6.29 Å². The second-order valence-electron chi connectivity index (χ2n) is 9.61. The number of esters is 2. The molecule has 0 amide bonds. The molecule has 0 aliphatic heterocycles. The molecule has 0 aliphatic rings. The van der Waals surface area contributed by atoms with Crippen molar-refractivity contribution in [1.29, 1.82) is 0 Å².